The molecule has 4 nitrogen and oxygen atoms in total. The van der Waals surface area contributed by atoms with Gasteiger partial charge in [-0.15, -0.1) is 0 Å². The van der Waals surface area contributed by atoms with Crippen molar-refractivity contribution in [3.05, 3.63) is 42.1 Å². The van der Waals surface area contributed by atoms with E-state index in [1.54, 1.807) is 23.2 Å². The summed E-state index contributed by atoms with van der Waals surface area (Å²) in [4.78, 5) is 28.5. The summed E-state index contributed by atoms with van der Waals surface area (Å²) in [6.45, 7) is 9.66. The first-order chi connectivity index (χ1) is 10.5. The summed E-state index contributed by atoms with van der Waals surface area (Å²) >= 11 is 0. The predicted molar refractivity (Wildman–Crippen MR) is 95.7 cm³/mol. The average Bonchev–Trinajstić information content (AvgIpc) is 2.43. The van der Waals surface area contributed by atoms with E-state index in [0.29, 0.717) is 5.56 Å². The van der Waals surface area contributed by atoms with Crippen LogP contribution in [0, 0.1) is 5.41 Å². The number of nitrogens with zero attached hydrogens (tertiary/aromatic N) is 2. The number of allylic oxidation sites excluding steroid dienone is 1. The van der Waals surface area contributed by atoms with E-state index in [0.717, 1.165) is 5.69 Å². The number of carbonyl (C=O) groups excluding carboxylic acids is 2. The molecular formula is C19H28N2O2. The molecule has 0 spiro atoms. The number of benzene rings is 1. The third-order valence-electron chi connectivity index (χ3n) is 3.31. The lowest BCUT2D eigenvalue weighted by molar-refractivity contribution is -0.126. The van der Waals surface area contributed by atoms with Crippen molar-refractivity contribution in [2.75, 3.05) is 19.0 Å². The van der Waals surface area contributed by atoms with Gasteiger partial charge >= 0.3 is 0 Å². The second-order valence-corrected chi connectivity index (χ2v) is 7.21. The maximum atomic E-state index is 12.7. The summed E-state index contributed by atoms with van der Waals surface area (Å²) in [7, 11) is 3.73. The molecule has 1 aromatic carbocycles. The monoisotopic (exact) mass is 316 g/mol. The molecule has 0 aliphatic carbocycles. The van der Waals surface area contributed by atoms with Crippen LogP contribution in [0.4, 0.5) is 5.69 Å². The maximum absolute atomic E-state index is 12.7. The highest BCUT2D eigenvalue weighted by Crippen LogP contribution is 2.26. The zero-order valence-corrected chi connectivity index (χ0v) is 15.3. The molecule has 0 saturated carbocycles. The fourth-order valence-electron chi connectivity index (χ4n) is 2.13. The van der Waals surface area contributed by atoms with E-state index >= 15 is 0 Å². The Morgan fingerprint density at radius 3 is 2.22 bits per heavy atom. The fourth-order valence-corrected chi connectivity index (χ4v) is 2.13. The Bertz CT molecular complexity index is 596. The molecule has 0 unspecified atom stereocenters. The van der Waals surface area contributed by atoms with Gasteiger partial charge in [-0.2, -0.15) is 0 Å². The molecule has 0 aliphatic heterocycles. The molecule has 0 saturated heterocycles. The van der Waals surface area contributed by atoms with E-state index in [1.807, 2.05) is 65.7 Å². The Balaban J connectivity index is 3.19. The van der Waals surface area contributed by atoms with Gasteiger partial charge in [-0.25, -0.2) is 0 Å². The molecule has 0 aromatic heterocycles. The van der Waals surface area contributed by atoms with Gasteiger partial charge in [0.2, 0.25) is 5.91 Å². The summed E-state index contributed by atoms with van der Waals surface area (Å²) in [5, 5.41) is 0. The van der Waals surface area contributed by atoms with Gasteiger partial charge in [-0.1, -0.05) is 32.9 Å². The zero-order valence-electron chi connectivity index (χ0n) is 15.3. The fraction of sp³-hybridized carbons (Fsp3) is 0.474. The van der Waals surface area contributed by atoms with Crippen LogP contribution in [-0.4, -0.2) is 36.7 Å². The summed E-state index contributed by atoms with van der Waals surface area (Å²) in [6.07, 6.45) is 3.25. The molecule has 23 heavy (non-hydrogen) atoms. The first kappa shape index (κ1) is 18.9. The summed E-state index contributed by atoms with van der Waals surface area (Å²) in [5.41, 5.74) is 0.853. The Labute approximate surface area is 139 Å². The molecule has 0 heterocycles. The topological polar surface area (TPSA) is 40.6 Å². The van der Waals surface area contributed by atoms with Crippen LogP contribution in [0.2, 0.25) is 0 Å². The minimum absolute atomic E-state index is 0.0180. The highest BCUT2D eigenvalue weighted by atomic mass is 16.2. The molecular weight excluding hydrogens is 288 g/mol. The largest absolute Gasteiger partial charge is 0.383 e. The number of carbonyl (C=O) groups is 2. The molecule has 0 N–H and O–H groups in total. The molecule has 1 rings (SSSR count). The first-order valence-corrected chi connectivity index (χ1v) is 7.86. The van der Waals surface area contributed by atoms with Crippen molar-refractivity contribution in [3.8, 4) is 0 Å². The van der Waals surface area contributed by atoms with Gasteiger partial charge in [-0.05, 0) is 26.0 Å². The summed E-state index contributed by atoms with van der Waals surface area (Å²) in [5.74, 6) is -0.0339. The standard InChI is InChI=1S/C19H28N2O2/c1-14(2)21(18(23)19(3,4)5)16-10-8-9-15(13-16)17(22)11-12-20(6)7/h8-14H,1-7H3/b12-11+. The van der Waals surface area contributed by atoms with Crippen LogP contribution in [-0.2, 0) is 4.79 Å². The van der Waals surface area contributed by atoms with Crippen LogP contribution in [0.3, 0.4) is 0 Å². The van der Waals surface area contributed by atoms with Gasteiger partial charge in [0.25, 0.3) is 0 Å². The summed E-state index contributed by atoms with van der Waals surface area (Å²) in [6, 6.07) is 7.26. The van der Waals surface area contributed by atoms with Crippen LogP contribution in [0.1, 0.15) is 45.0 Å². The number of amides is 1. The van der Waals surface area contributed by atoms with E-state index < -0.39 is 5.41 Å². The van der Waals surface area contributed by atoms with Crippen molar-refractivity contribution in [1.29, 1.82) is 0 Å². The maximum Gasteiger partial charge on any atom is 0.232 e. The molecule has 126 valence electrons. The average molecular weight is 316 g/mol. The van der Waals surface area contributed by atoms with Crippen molar-refractivity contribution in [2.45, 2.75) is 40.7 Å². The van der Waals surface area contributed by atoms with Crippen molar-refractivity contribution < 1.29 is 9.59 Å². The molecule has 4 heteroatoms. The van der Waals surface area contributed by atoms with E-state index in [2.05, 4.69) is 0 Å². The quantitative estimate of drug-likeness (QED) is 0.614. The molecule has 1 aromatic rings. The van der Waals surface area contributed by atoms with Gasteiger partial charge < -0.3 is 9.80 Å². The summed E-state index contributed by atoms with van der Waals surface area (Å²) < 4.78 is 0. The molecule has 0 atom stereocenters. The van der Waals surface area contributed by atoms with Crippen molar-refractivity contribution in [3.63, 3.8) is 0 Å². The smallest absolute Gasteiger partial charge is 0.232 e. The van der Waals surface area contributed by atoms with Crippen LogP contribution in [0.5, 0.6) is 0 Å². The highest BCUT2D eigenvalue weighted by Gasteiger charge is 2.30. The lowest BCUT2D eigenvalue weighted by atomic mass is 9.93. The minimum Gasteiger partial charge on any atom is -0.383 e. The Hall–Kier alpha value is -2.10. The molecule has 0 fully saturated rings. The highest BCUT2D eigenvalue weighted by molar-refractivity contribution is 6.06. The number of hydrogen-bond donors (Lipinski definition) is 0. The number of hydrogen-bond acceptors (Lipinski definition) is 3. The Morgan fingerprint density at radius 1 is 1.13 bits per heavy atom. The molecule has 0 bridgehead atoms. The van der Waals surface area contributed by atoms with E-state index in [-0.39, 0.29) is 17.7 Å². The van der Waals surface area contributed by atoms with Crippen LogP contribution < -0.4 is 4.90 Å². The minimum atomic E-state index is -0.477. The predicted octanol–water partition coefficient (Wildman–Crippen LogP) is 3.73. The van der Waals surface area contributed by atoms with Gasteiger partial charge in [-0.3, -0.25) is 9.59 Å². The van der Waals surface area contributed by atoms with Crippen LogP contribution in [0.25, 0.3) is 0 Å². The molecule has 1 amide bonds. The number of anilines is 1. The van der Waals surface area contributed by atoms with Gasteiger partial charge in [0, 0.05) is 49.1 Å². The second kappa shape index (κ2) is 7.44. The molecule has 0 radical (unpaired) electrons. The Kier molecular flexibility index (Phi) is 6.13. The van der Waals surface area contributed by atoms with Gasteiger partial charge in [0.15, 0.2) is 5.78 Å². The number of ketones is 1. The number of rotatable bonds is 5. The zero-order chi connectivity index (χ0) is 17.8. The SMILES string of the molecule is CC(C)N(C(=O)C(C)(C)C)c1cccc(C(=O)/C=C/N(C)C)c1. The third-order valence-corrected chi connectivity index (χ3v) is 3.31. The van der Waals surface area contributed by atoms with Gasteiger partial charge in [0.05, 0.1) is 0 Å². The van der Waals surface area contributed by atoms with E-state index in [4.69, 9.17) is 0 Å². The third kappa shape index (κ3) is 5.23. The van der Waals surface area contributed by atoms with E-state index in [1.165, 1.54) is 6.08 Å². The lowest BCUT2D eigenvalue weighted by Crippen LogP contribution is -2.43. The van der Waals surface area contributed by atoms with Gasteiger partial charge in [0.1, 0.15) is 0 Å². The second-order valence-electron chi connectivity index (χ2n) is 7.21. The van der Waals surface area contributed by atoms with E-state index in [9.17, 15) is 9.59 Å². The Morgan fingerprint density at radius 2 is 1.74 bits per heavy atom. The van der Waals surface area contributed by atoms with Crippen LogP contribution in [0.15, 0.2) is 36.5 Å². The van der Waals surface area contributed by atoms with Crippen molar-refractivity contribution >= 4 is 17.4 Å². The van der Waals surface area contributed by atoms with Crippen LogP contribution >= 0.6 is 0 Å². The first-order valence-electron chi connectivity index (χ1n) is 7.86. The normalized spacial score (nSPS) is 11.8. The lowest BCUT2D eigenvalue weighted by Gasteiger charge is -2.33. The van der Waals surface area contributed by atoms with Crippen molar-refractivity contribution in [2.24, 2.45) is 5.41 Å². The molecule has 0 aliphatic rings. The van der Waals surface area contributed by atoms with Crippen molar-refractivity contribution in [1.82, 2.24) is 4.90 Å².